The fraction of sp³-hybridized carbons (Fsp3) is 0.400. The lowest BCUT2D eigenvalue weighted by Gasteiger charge is -2.08. The van der Waals surface area contributed by atoms with E-state index in [0.29, 0.717) is 18.7 Å². The van der Waals surface area contributed by atoms with Gasteiger partial charge < -0.3 is 10.1 Å². The number of benzene rings is 1. The van der Waals surface area contributed by atoms with Crippen molar-refractivity contribution in [1.82, 2.24) is 15.1 Å². The van der Waals surface area contributed by atoms with E-state index in [4.69, 9.17) is 4.74 Å². The van der Waals surface area contributed by atoms with Crippen LogP contribution in [0.4, 0.5) is 8.78 Å². The first-order chi connectivity index (χ1) is 10.1. The van der Waals surface area contributed by atoms with Crippen LogP contribution in [-0.4, -0.2) is 30.0 Å². The molecule has 0 atom stereocenters. The topological polar surface area (TPSA) is 39.1 Å². The molecule has 0 fully saturated rings. The van der Waals surface area contributed by atoms with Gasteiger partial charge in [-0.1, -0.05) is 6.07 Å². The van der Waals surface area contributed by atoms with Gasteiger partial charge in [0.05, 0.1) is 19.3 Å². The average molecular weight is 295 g/mol. The molecule has 1 aromatic carbocycles. The zero-order valence-electron chi connectivity index (χ0n) is 12.2. The molecule has 6 heteroatoms. The predicted octanol–water partition coefficient (Wildman–Crippen LogP) is 2.25. The molecule has 2 aromatic rings. The molecule has 1 aromatic heterocycles. The summed E-state index contributed by atoms with van der Waals surface area (Å²) < 4.78 is 33.2. The number of nitrogens with one attached hydrogen (secondary N) is 1. The van der Waals surface area contributed by atoms with Gasteiger partial charge in [-0.3, -0.25) is 4.68 Å². The van der Waals surface area contributed by atoms with Crippen LogP contribution >= 0.6 is 0 Å². The van der Waals surface area contributed by atoms with Crippen LogP contribution in [0.15, 0.2) is 24.4 Å². The third kappa shape index (κ3) is 4.09. The Morgan fingerprint density at radius 1 is 1.29 bits per heavy atom. The molecule has 0 bridgehead atoms. The van der Waals surface area contributed by atoms with Crippen LogP contribution in [0, 0.1) is 18.6 Å². The Hall–Kier alpha value is -1.79. The summed E-state index contributed by atoms with van der Waals surface area (Å²) in [5, 5.41) is 7.50. The fourth-order valence-electron chi connectivity index (χ4n) is 2.03. The number of nitrogens with zero attached hydrogens (tertiary/aromatic N) is 2. The first-order valence-corrected chi connectivity index (χ1v) is 6.76. The molecule has 114 valence electrons. The van der Waals surface area contributed by atoms with Gasteiger partial charge in [-0.05, 0) is 13.0 Å². The minimum Gasteiger partial charge on any atom is -0.383 e. The Kier molecular flexibility index (Phi) is 5.41. The second-order valence-electron chi connectivity index (χ2n) is 4.82. The monoisotopic (exact) mass is 295 g/mol. The van der Waals surface area contributed by atoms with Gasteiger partial charge >= 0.3 is 0 Å². The van der Waals surface area contributed by atoms with E-state index in [2.05, 4.69) is 10.4 Å². The van der Waals surface area contributed by atoms with E-state index in [1.807, 2.05) is 6.92 Å². The van der Waals surface area contributed by atoms with Crippen LogP contribution in [0.25, 0.3) is 0 Å². The lowest BCUT2D eigenvalue weighted by atomic mass is 10.2. The summed E-state index contributed by atoms with van der Waals surface area (Å²) in [7, 11) is 1.65. The highest BCUT2D eigenvalue weighted by Crippen LogP contribution is 2.14. The molecular formula is C15H19F2N3O. The van der Waals surface area contributed by atoms with E-state index in [1.54, 1.807) is 18.0 Å². The van der Waals surface area contributed by atoms with Crippen molar-refractivity contribution in [3.8, 4) is 0 Å². The van der Waals surface area contributed by atoms with E-state index in [9.17, 15) is 8.78 Å². The molecule has 2 rings (SSSR count). The highest BCUT2D eigenvalue weighted by molar-refractivity contribution is 5.21. The maximum atomic E-state index is 13.7. The van der Waals surface area contributed by atoms with Gasteiger partial charge in [0.15, 0.2) is 0 Å². The van der Waals surface area contributed by atoms with E-state index in [1.165, 1.54) is 12.1 Å². The van der Waals surface area contributed by atoms with E-state index in [-0.39, 0.29) is 6.54 Å². The number of aromatic nitrogens is 2. The van der Waals surface area contributed by atoms with Crippen molar-refractivity contribution in [2.45, 2.75) is 20.0 Å². The molecular weight excluding hydrogens is 276 g/mol. The number of rotatable bonds is 7. The summed E-state index contributed by atoms with van der Waals surface area (Å²) in [4.78, 5) is 0. The van der Waals surface area contributed by atoms with Gasteiger partial charge in [-0.2, -0.15) is 5.10 Å². The summed E-state index contributed by atoms with van der Waals surface area (Å²) >= 11 is 0. The largest absolute Gasteiger partial charge is 0.383 e. The summed E-state index contributed by atoms with van der Waals surface area (Å²) in [5.74, 6) is -1.12. The quantitative estimate of drug-likeness (QED) is 0.796. The van der Waals surface area contributed by atoms with Gasteiger partial charge in [-0.25, -0.2) is 8.78 Å². The van der Waals surface area contributed by atoms with Gasteiger partial charge in [0, 0.05) is 43.1 Å². The highest BCUT2D eigenvalue weighted by Gasteiger charge is 2.09. The van der Waals surface area contributed by atoms with Gasteiger partial charge in [0.1, 0.15) is 11.6 Å². The van der Waals surface area contributed by atoms with E-state index >= 15 is 0 Å². The number of ether oxygens (including phenoxy) is 1. The van der Waals surface area contributed by atoms with E-state index in [0.717, 1.165) is 23.9 Å². The van der Waals surface area contributed by atoms with E-state index < -0.39 is 11.6 Å². The van der Waals surface area contributed by atoms with Crippen molar-refractivity contribution >= 4 is 0 Å². The molecule has 0 aliphatic rings. The average Bonchev–Trinajstić information content (AvgIpc) is 2.79. The Bertz CT molecular complexity index is 599. The fourth-order valence-corrected chi connectivity index (χ4v) is 2.03. The molecule has 1 N–H and O–H groups in total. The van der Waals surface area contributed by atoms with Crippen LogP contribution in [0.1, 0.15) is 16.8 Å². The predicted molar refractivity (Wildman–Crippen MR) is 76.0 cm³/mol. The lowest BCUT2D eigenvalue weighted by molar-refractivity contribution is 0.199. The zero-order valence-corrected chi connectivity index (χ0v) is 12.2. The van der Waals surface area contributed by atoms with Crippen LogP contribution in [0.3, 0.4) is 0 Å². The maximum Gasteiger partial charge on any atom is 0.131 e. The van der Waals surface area contributed by atoms with Gasteiger partial charge in [0.25, 0.3) is 0 Å². The summed E-state index contributed by atoms with van der Waals surface area (Å²) in [6, 6.07) is 3.59. The SMILES string of the molecule is COCCNCc1cnn(Cc2ccc(F)cc2F)c1C. The van der Waals surface area contributed by atoms with Gasteiger partial charge in [-0.15, -0.1) is 0 Å². The number of methoxy groups -OCH3 is 1. The smallest absolute Gasteiger partial charge is 0.131 e. The summed E-state index contributed by atoms with van der Waals surface area (Å²) in [5.41, 5.74) is 2.43. The van der Waals surface area contributed by atoms with Crippen molar-refractivity contribution in [2.75, 3.05) is 20.3 Å². The molecule has 0 amide bonds. The molecule has 1 heterocycles. The van der Waals surface area contributed by atoms with Crippen molar-refractivity contribution in [2.24, 2.45) is 0 Å². The molecule has 0 saturated heterocycles. The standard InChI is InChI=1S/C15H19F2N3O/c1-11-13(8-18-5-6-21-2)9-19-20(11)10-12-3-4-14(16)7-15(12)17/h3-4,7,9,18H,5-6,8,10H2,1-2H3. The molecule has 0 unspecified atom stereocenters. The van der Waals surface area contributed by atoms with Gasteiger partial charge in [0.2, 0.25) is 0 Å². The van der Waals surface area contributed by atoms with Crippen LogP contribution < -0.4 is 5.32 Å². The Labute approximate surface area is 122 Å². The number of hydrogen-bond donors (Lipinski definition) is 1. The van der Waals surface area contributed by atoms with Crippen molar-refractivity contribution < 1.29 is 13.5 Å². The molecule has 0 aliphatic heterocycles. The van der Waals surface area contributed by atoms with Crippen LogP contribution in [0.2, 0.25) is 0 Å². The third-order valence-electron chi connectivity index (χ3n) is 3.34. The first-order valence-electron chi connectivity index (χ1n) is 6.76. The minimum atomic E-state index is -0.573. The molecule has 0 radical (unpaired) electrons. The Morgan fingerprint density at radius 3 is 2.81 bits per heavy atom. The van der Waals surface area contributed by atoms with Crippen molar-refractivity contribution in [1.29, 1.82) is 0 Å². The second kappa shape index (κ2) is 7.28. The lowest BCUT2D eigenvalue weighted by Crippen LogP contribution is -2.19. The maximum absolute atomic E-state index is 13.7. The van der Waals surface area contributed by atoms with Crippen LogP contribution in [-0.2, 0) is 17.8 Å². The zero-order chi connectivity index (χ0) is 15.2. The minimum absolute atomic E-state index is 0.288. The van der Waals surface area contributed by atoms with Crippen molar-refractivity contribution in [3.05, 3.63) is 52.9 Å². The molecule has 21 heavy (non-hydrogen) atoms. The Balaban J connectivity index is 2.02. The molecule has 4 nitrogen and oxygen atoms in total. The Morgan fingerprint density at radius 2 is 2.10 bits per heavy atom. The highest BCUT2D eigenvalue weighted by atomic mass is 19.1. The molecule has 0 saturated carbocycles. The molecule has 0 spiro atoms. The number of halogens is 2. The summed E-state index contributed by atoms with van der Waals surface area (Å²) in [6.07, 6.45) is 1.76. The second-order valence-corrected chi connectivity index (χ2v) is 4.82. The first kappa shape index (κ1) is 15.6. The molecule has 0 aliphatic carbocycles. The van der Waals surface area contributed by atoms with Crippen molar-refractivity contribution in [3.63, 3.8) is 0 Å². The summed E-state index contributed by atoms with van der Waals surface area (Å²) in [6.45, 7) is 4.31. The normalized spacial score (nSPS) is 11.0. The van der Waals surface area contributed by atoms with Crippen LogP contribution in [0.5, 0.6) is 0 Å². The number of hydrogen-bond acceptors (Lipinski definition) is 3. The third-order valence-corrected chi connectivity index (χ3v) is 3.34.